The lowest BCUT2D eigenvalue weighted by atomic mass is 9.74. The van der Waals surface area contributed by atoms with Gasteiger partial charge in [-0.15, -0.1) is 0 Å². The minimum absolute atomic E-state index is 0.120. The summed E-state index contributed by atoms with van der Waals surface area (Å²) >= 11 is 0. The number of hydrogen-bond acceptors (Lipinski definition) is 1. The highest BCUT2D eigenvalue weighted by Gasteiger charge is 2.32. The number of benzene rings is 2. The fourth-order valence-electron chi connectivity index (χ4n) is 4.06. The Morgan fingerprint density at radius 3 is 1.95 bits per heavy atom. The molecule has 0 radical (unpaired) electrons. The SMILES string of the molecule is CC1(CO)CCC(n2c3ccccc3c3ccccc32)CC1. The van der Waals surface area contributed by atoms with E-state index in [9.17, 15) is 5.11 Å². The zero-order chi connectivity index (χ0) is 15.2. The molecule has 1 heterocycles. The Hall–Kier alpha value is -1.80. The maximum atomic E-state index is 9.60. The highest BCUT2D eigenvalue weighted by molar-refractivity contribution is 6.08. The van der Waals surface area contributed by atoms with Crippen molar-refractivity contribution in [2.75, 3.05) is 6.61 Å². The predicted molar refractivity (Wildman–Crippen MR) is 92.1 cm³/mol. The Balaban J connectivity index is 1.84. The number of hydrogen-bond donors (Lipinski definition) is 1. The topological polar surface area (TPSA) is 25.2 Å². The number of rotatable bonds is 2. The van der Waals surface area contributed by atoms with Gasteiger partial charge in [0.05, 0.1) is 0 Å². The molecule has 0 saturated heterocycles. The van der Waals surface area contributed by atoms with Crippen molar-refractivity contribution in [3.8, 4) is 0 Å². The van der Waals surface area contributed by atoms with Crippen molar-refractivity contribution in [3.63, 3.8) is 0 Å². The van der Waals surface area contributed by atoms with Crippen LogP contribution in [0, 0.1) is 5.41 Å². The van der Waals surface area contributed by atoms with Crippen molar-refractivity contribution < 1.29 is 5.11 Å². The van der Waals surface area contributed by atoms with E-state index in [2.05, 4.69) is 60.0 Å². The minimum atomic E-state index is 0.120. The van der Waals surface area contributed by atoms with E-state index in [0.717, 1.165) is 25.7 Å². The second-order valence-electron chi connectivity index (χ2n) is 7.10. The van der Waals surface area contributed by atoms with Crippen LogP contribution in [0.1, 0.15) is 38.6 Å². The summed E-state index contributed by atoms with van der Waals surface area (Å²) in [7, 11) is 0. The third kappa shape index (κ3) is 2.05. The fourth-order valence-corrected chi connectivity index (χ4v) is 4.06. The van der Waals surface area contributed by atoms with E-state index in [0.29, 0.717) is 12.6 Å². The molecule has 1 aliphatic carbocycles. The molecular formula is C20H23NO. The summed E-state index contributed by atoms with van der Waals surface area (Å²) in [5.74, 6) is 0. The van der Waals surface area contributed by atoms with E-state index in [4.69, 9.17) is 0 Å². The van der Waals surface area contributed by atoms with Crippen molar-refractivity contribution in [2.45, 2.75) is 38.6 Å². The van der Waals surface area contributed by atoms with Crippen LogP contribution >= 0.6 is 0 Å². The van der Waals surface area contributed by atoms with E-state index in [-0.39, 0.29) is 5.41 Å². The van der Waals surface area contributed by atoms with Gasteiger partial charge in [-0.25, -0.2) is 0 Å². The molecule has 1 aromatic heterocycles. The molecule has 3 aromatic rings. The predicted octanol–water partition coefficient (Wildman–Crippen LogP) is 4.91. The van der Waals surface area contributed by atoms with Crippen molar-refractivity contribution in [3.05, 3.63) is 48.5 Å². The van der Waals surface area contributed by atoms with Crippen molar-refractivity contribution in [2.24, 2.45) is 5.41 Å². The number of aliphatic hydroxyl groups is 1. The first-order chi connectivity index (χ1) is 10.7. The molecule has 1 aliphatic rings. The molecule has 0 unspecified atom stereocenters. The van der Waals surface area contributed by atoms with E-state index in [1.807, 2.05) is 0 Å². The van der Waals surface area contributed by atoms with E-state index in [1.165, 1.54) is 21.8 Å². The molecule has 4 rings (SSSR count). The summed E-state index contributed by atoms with van der Waals surface area (Å²) in [4.78, 5) is 0. The Kier molecular flexibility index (Phi) is 3.23. The highest BCUT2D eigenvalue weighted by Crippen LogP contribution is 2.43. The van der Waals surface area contributed by atoms with Crippen LogP contribution in [0.25, 0.3) is 21.8 Å². The molecule has 2 nitrogen and oxygen atoms in total. The normalized spacial score (nSPS) is 25.8. The smallest absolute Gasteiger partial charge is 0.0493 e. The van der Waals surface area contributed by atoms with Crippen molar-refractivity contribution in [1.82, 2.24) is 4.57 Å². The van der Waals surface area contributed by atoms with Crippen molar-refractivity contribution in [1.29, 1.82) is 0 Å². The maximum absolute atomic E-state index is 9.60. The lowest BCUT2D eigenvalue weighted by molar-refractivity contribution is 0.0846. The summed E-state index contributed by atoms with van der Waals surface area (Å²) in [5.41, 5.74) is 2.82. The van der Waals surface area contributed by atoms with E-state index >= 15 is 0 Å². The molecule has 0 atom stereocenters. The Labute approximate surface area is 131 Å². The summed E-state index contributed by atoms with van der Waals surface area (Å²) in [6, 6.07) is 18.0. The summed E-state index contributed by atoms with van der Waals surface area (Å²) in [6.45, 7) is 2.53. The van der Waals surface area contributed by atoms with Gasteiger partial charge in [0.25, 0.3) is 0 Å². The molecule has 0 spiro atoms. The Bertz CT molecular complexity index is 756. The highest BCUT2D eigenvalue weighted by atomic mass is 16.3. The van der Waals surface area contributed by atoms with Crippen LogP contribution in [-0.4, -0.2) is 16.3 Å². The third-order valence-electron chi connectivity index (χ3n) is 5.53. The molecule has 114 valence electrons. The maximum Gasteiger partial charge on any atom is 0.0493 e. The lowest BCUT2D eigenvalue weighted by Crippen LogP contribution is -2.29. The summed E-state index contributed by atoms with van der Waals surface area (Å²) < 4.78 is 2.54. The van der Waals surface area contributed by atoms with Crippen LogP contribution in [0.3, 0.4) is 0 Å². The number of aromatic nitrogens is 1. The average molecular weight is 293 g/mol. The van der Waals surface area contributed by atoms with Gasteiger partial charge in [-0.3, -0.25) is 0 Å². The average Bonchev–Trinajstić information content (AvgIpc) is 2.91. The first-order valence-corrected chi connectivity index (χ1v) is 8.30. The van der Waals surface area contributed by atoms with Crippen LogP contribution in [0.15, 0.2) is 48.5 Å². The van der Waals surface area contributed by atoms with Crippen LogP contribution in [0.4, 0.5) is 0 Å². The Morgan fingerprint density at radius 1 is 0.955 bits per heavy atom. The van der Waals surface area contributed by atoms with Crippen molar-refractivity contribution >= 4 is 21.8 Å². The molecule has 1 fully saturated rings. The first kappa shape index (κ1) is 13.8. The molecule has 1 saturated carbocycles. The van der Waals surface area contributed by atoms with Gasteiger partial charge in [-0.2, -0.15) is 0 Å². The summed E-state index contributed by atoms with van der Waals surface area (Å²) in [5, 5.41) is 12.3. The van der Waals surface area contributed by atoms with Gasteiger partial charge < -0.3 is 9.67 Å². The number of para-hydroxylation sites is 2. The van der Waals surface area contributed by atoms with Gasteiger partial charge in [-0.05, 0) is 43.2 Å². The second kappa shape index (κ2) is 5.13. The standard InChI is InChI=1S/C20H23NO/c1-20(14-22)12-10-15(11-13-20)21-18-8-4-2-6-16(18)17-7-3-5-9-19(17)21/h2-9,15,22H,10-14H2,1H3. The van der Waals surface area contributed by atoms with Gasteiger partial charge in [0.2, 0.25) is 0 Å². The molecule has 0 amide bonds. The zero-order valence-electron chi connectivity index (χ0n) is 13.1. The van der Waals surface area contributed by atoms with Crippen LogP contribution in [0.2, 0.25) is 0 Å². The lowest BCUT2D eigenvalue weighted by Gasteiger charge is -2.37. The molecule has 22 heavy (non-hydrogen) atoms. The van der Waals surface area contributed by atoms with Crippen LogP contribution < -0.4 is 0 Å². The zero-order valence-corrected chi connectivity index (χ0v) is 13.1. The quantitative estimate of drug-likeness (QED) is 0.713. The van der Waals surface area contributed by atoms with Gasteiger partial charge in [0.15, 0.2) is 0 Å². The Morgan fingerprint density at radius 2 is 1.45 bits per heavy atom. The van der Waals surface area contributed by atoms with Crippen LogP contribution in [-0.2, 0) is 0 Å². The molecule has 2 heteroatoms. The number of fused-ring (bicyclic) bond motifs is 3. The molecular weight excluding hydrogens is 270 g/mol. The summed E-state index contributed by atoms with van der Waals surface area (Å²) in [6.07, 6.45) is 4.52. The van der Waals surface area contributed by atoms with Gasteiger partial charge in [-0.1, -0.05) is 43.3 Å². The van der Waals surface area contributed by atoms with Gasteiger partial charge in [0.1, 0.15) is 0 Å². The van der Waals surface area contributed by atoms with E-state index < -0.39 is 0 Å². The monoisotopic (exact) mass is 293 g/mol. The fraction of sp³-hybridized carbons (Fsp3) is 0.400. The van der Waals surface area contributed by atoms with Gasteiger partial charge in [0, 0.05) is 34.5 Å². The largest absolute Gasteiger partial charge is 0.396 e. The van der Waals surface area contributed by atoms with Crippen LogP contribution in [0.5, 0.6) is 0 Å². The van der Waals surface area contributed by atoms with Gasteiger partial charge >= 0.3 is 0 Å². The minimum Gasteiger partial charge on any atom is -0.396 e. The molecule has 1 N–H and O–H groups in total. The second-order valence-corrected chi connectivity index (χ2v) is 7.10. The molecule has 0 aliphatic heterocycles. The third-order valence-corrected chi connectivity index (χ3v) is 5.53. The van der Waals surface area contributed by atoms with E-state index in [1.54, 1.807) is 0 Å². The first-order valence-electron chi connectivity index (χ1n) is 8.30. The number of aliphatic hydroxyl groups excluding tert-OH is 1. The number of nitrogens with zero attached hydrogens (tertiary/aromatic N) is 1. The molecule has 2 aromatic carbocycles. The molecule has 0 bridgehead atoms.